The Morgan fingerprint density at radius 1 is 1.17 bits per heavy atom. The Hall–Kier alpha value is -2.56. The Kier molecular flexibility index (Phi) is 4.19. The van der Waals surface area contributed by atoms with Crippen molar-refractivity contribution in [3.8, 4) is 17.0 Å². The van der Waals surface area contributed by atoms with Gasteiger partial charge in [-0.25, -0.2) is 4.98 Å². The number of rotatable bonds is 5. The van der Waals surface area contributed by atoms with Gasteiger partial charge in [0.25, 0.3) is 0 Å². The lowest BCUT2D eigenvalue weighted by Gasteiger charge is -2.38. The number of nitrogens with two attached hydrogens (primary N) is 1. The molecule has 0 aliphatic heterocycles. The molecule has 1 aliphatic carbocycles. The maximum Gasteiger partial charge on any atom is 0.315 e. The fourth-order valence-corrected chi connectivity index (χ4v) is 2.75. The summed E-state index contributed by atoms with van der Waals surface area (Å²) in [6, 6.07) is 11.4. The smallest absolute Gasteiger partial charge is 0.315 e. The Balaban J connectivity index is 1.66. The molecular weight excluding hydrogens is 292 g/mol. The van der Waals surface area contributed by atoms with Crippen LogP contribution in [-0.2, 0) is 9.53 Å². The molecule has 0 spiro atoms. The minimum absolute atomic E-state index is 0.192. The topological polar surface area (TPSA) is 74.4 Å². The lowest BCUT2D eigenvalue weighted by Crippen LogP contribution is -2.44. The van der Waals surface area contributed by atoms with Crippen molar-refractivity contribution in [2.45, 2.75) is 19.3 Å². The first-order chi connectivity index (χ1) is 11.1. The van der Waals surface area contributed by atoms with Crippen molar-refractivity contribution in [1.29, 1.82) is 0 Å². The standard InChI is InChI=1S/C18H20N2O3/c1-22-17(21)18(9-2-10-18)12-23-16-8-5-14(11-20-16)13-3-6-15(19)7-4-13/h3-8,11H,2,9-10,12,19H2,1H3. The van der Waals surface area contributed by atoms with Gasteiger partial charge in [0.15, 0.2) is 0 Å². The van der Waals surface area contributed by atoms with Gasteiger partial charge in [0.05, 0.1) is 7.11 Å². The van der Waals surface area contributed by atoms with Crippen LogP contribution in [0.2, 0.25) is 0 Å². The van der Waals surface area contributed by atoms with Gasteiger partial charge < -0.3 is 15.2 Å². The summed E-state index contributed by atoms with van der Waals surface area (Å²) >= 11 is 0. The van der Waals surface area contributed by atoms with Crippen LogP contribution in [0.3, 0.4) is 0 Å². The Bertz CT molecular complexity index is 676. The highest BCUT2D eigenvalue weighted by molar-refractivity contribution is 5.78. The fourth-order valence-electron chi connectivity index (χ4n) is 2.75. The Labute approximate surface area is 135 Å². The van der Waals surface area contributed by atoms with Gasteiger partial charge in [-0.15, -0.1) is 0 Å². The van der Waals surface area contributed by atoms with Crippen LogP contribution in [0.1, 0.15) is 19.3 Å². The van der Waals surface area contributed by atoms with Crippen molar-refractivity contribution >= 4 is 11.7 Å². The van der Waals surface area contributed by atoms with E-state index in [9.17, 15) is 4.79 Å². The maximum atomic E-state index is 11.9. The molecule has 0 radical (unpaired) electrons. The largest absolute Gasteiger partial charge is 0.476 e. The summed E-state index contributed by atoms with van der Waals surface area (Å²) in [5, 5.41) is 0. The number of aromatic nitrogens is 1. The second kappa shape index (κ2) is 6.28. The van der Waals surface area contributed by atoms with Crippen LogP contribution >= 0.6 is 0 Å². The van der Waals surface area contributed by atoms with Gasteiger partial charge in [-0.2, -0.15) is 0 Å². The molecule has 0 atom stereocenters. The minimum Gasteiger partial charge on any atom is -0.476 e. The highest BCUT2D eigenvalue weighted by Gasteiger charge is 2.46. The average molecular weight is 312 g/mol. The van der Waals surface area contributed by atoms with E-state index in [2.05, 4.69) is 4.98 Å². The van der Waals surface area contributed by atoms with E-state index in [1.807, 2.05) is 36.4 Å². The van der Waals surface area contributed by atoms with Gasteiger partial charge in [0, 0.05) is 23.5 Å². The minimum atomic E-state index is -0.494. The fraction of sp³-hybridized carbons (Fsp3) is 0.333. The van der Waals surface area contributed by atoms with Crippen LogP contribution in [0.25, 0.3) is 11.1 Å². The molecule has 1 fully saturated rings. The van der Waals surface area contributed by atoms with Gasteiger partial charge >= 0.3 is 5.97 Å². The number of carbonyl (C=O) groups excluding carboxylic acids is 1. The number of carbonyl (C=O) groups is 1. The number of esters is 1. The SMILES string of the molecule is COC(=O)C1(COc2ccc(-c3ccc(N)cc3)cn2)CCC1. The van der Waals surface area contributed by atoms with Crippen LogP contribution in [0, 0.1) is 5.41 Å². The van der Waals surface area contributed by atoms with Crippen LogP contribution in [0.15, 0.2) is 42.6 Å². The van der Waals surface area contributed by atoms with Gasteiger partial charge in [0.1, 0.15) is 12.0 Å². The number of hydrogen-bond acceptors (Lipinski definition) is 5. The number of benzene rings is 1. The molecule has 3 rings (SSSR count). The monoisotopic (exact) mass is 312 g/mol. The summed E-state index contributed by atoms with van der Waals surface area (Å²) in [6.07, 6.45) is 4.40. The summed E-state index contributed by atoms with van der Waals surface area (Å²) in [4.78, 5) is 16.2. The molecule has 1 aromatic carbocycles. The number of pyridine rings is 1. The molecule has 1 heterocycles. The van der Waals surface area contributed by atoms with E-state index in [-0.39, 0.29) is 5.97 Å². The number of anilines is 1. The van der Waals surface area contributed by atoms with Crippen molar-refractivity contribution in [2.75, 3.05) is 19.5 Å². The molecule has 2 N–H and O–H groups in total. The number of methoxy groups -OCH3 is 1. The van der Waals surface area contributed by atoms with Crippen LogP contribution in [-0.4, -0.2) is 24.7 Å². The number of ether oxygens (including phenoxy) is 2. The molecule has 1 aromatic heterocycles. The molecule has 0 bridgehead atoms. The average Bonchev–Trinajstić information content (AvgIpc) is 2.55. The molecular formula is C18H20N2O3. The van der Waals surface area contributed by atoms with Gasteiger partial charge in [-0.05, 0) is 36.6 Å². The van der Waals surface area contributed by atoms with Crippen LogP contribution in [0.4, 0.5) is 5.69 Å². The predicted octanol–water partition coefficient (Wildman–Crippen LogP) is 3.05. The summed E-state index contributed by atoms with van der Waals surface area (Å²) in [5.74, 6) is 0.321. The molecule has 2 aromatic rings. The van der Waals surface area contributed by atoms with E-state index in [4.69, 9.17) is 15.2 Å². The molecule has 23 heavy (non-hydrogen) atoms. The number of nitrogens with zero attached hydrogens (tertiary/aromatic N) is 1. The molecule has 0 saturated heterocycles. The van der Waals surface area contributed by atoms with Crippen molar-refractivity contribution in [3.63, 3.8) is 0 Å². The van der Waals surface area contributed by atoms with Gasteiger partial charge in [-0.3, -0.25) is 4.79 Å². The molecule has 0 unspecified atom stereocenters. The Morgan fingerprint density at radius 2 is 1.87 bits per heavy atom. The quantitative estimate of drug-likeness (QED) is 0.678. The first-order valence-corrected chi connectivity index (χ1v) is 7.66. The zero-order chi connectivity index (χ0) is 16.3. The zero-order valence-corrected chi connectivity index (χ0v) is 13.1. The first-order valence-electron chi connectivity index (χ1n) is 7.66. The molecule has 5 nitrogen and oxygen atoms in total. The van der Waals surface area contributed by atoms with E-state index >= 15 is 0 Å². The number of hydrogen-bond donors (Lipinski definition) is 1. The third-order valence-corrected chi connectivity index (χ3v) is 4.41. The lowest BCUT2D eigenvalue weighted by molar-refractivity contribution is -0.161. The van der Waals surface area contributed by atoms with Crippen LogP contribution in [0.5, 0.6) is 5.88 Å². The highest BCUT2D eigenvalue weighted by atomic mass is 16.5. The molecule has 0 amide bonds. The van der Waals surface area contributed by atoms with Crippen molar-refractivity contribution in [2.24, 2.45) is 5.41 Å². The second-order valence-electron chi connectivity index (χ2n) is 5.92. The molecule has 5 heteroatoms. The zero-order valence-electron chi connectivity index (χ0n) is 13.1. The van der Waals surface area contributed by atoms with Crippen LogP contribution < -0.4 is 10.5 Å². The van der Waals surface area contributed by atoms with Gasteiger partial charge in [-0.1, -0.05) is 18.6 Å². The molecule has 120 valence electrons. The third kappa shape index (κ3) is 3.13. The van der Waals surface area contributed by atoms with Crippen molar-refractivity contribution in [1.82, 2.24) is 4.98 Å². The van der Waals surface area contributed by atoms with E-state index in [1.165, 1.54) is 7.11 Å². The van der Waals surface area contributed by atoms with E-state index in [0.29, 0.717) is 12.5 Å². The van der Waals surface area contributed by atoms with Crippen molar-refractivity contribution < 1.29 is 14.3 Å². The first kappa shape index (κ1) is 15.3. The summed E-state index contributed by atoms with van der Waals surface area (Å²) in [6.45, 7) is 0.313. The molecule has 1 aliphatic rings. The van der Waals surface area contributed by atoms with Crippen molar-refractivity contribution in [3.05, 3.63) is 42.6 Å². The highest BCUT2D eigenvalue weighted by Crippen LogP contribution is 2.42. The lowest BCUT2D eigenvalue weighted by atomic mass is 9.69. The predicted molar refractivity (Wildman–Crippen MR) is 87.9 cm³/mol. The van der Waals surface area contributed by atoms with E-state index < -0.39 is 5.41 Å². The van der Waals surface area contributed by atoms with Gasteiger partial charge in [0.2, 0.25) is 5.88 Å². The summed E-state index contributed by atoms with van der Waals surface area (Å²) in [5.41, 5.74) is 7.96. The normalized spacial score (nSPS) is 15.5. The second-order valence-corrected chi connectivity index (χ2v) is 5.92. The number of nitrogen functional groups attached to an aromatic ring is 1. The maximum absolute atomic E-state index is 11.9. The Morgan fingerprint density at radius 3 is 2.39 bits per heavy atom. The summed E-state index contributed by atoms with van der Waals surface area (Å²) in [7, 11) is 1.42. The third-order valence-electron chi connectivity index (χ3n) is 4.41. The molecule has 1 saturated carbocycles. The van der Waals surface area contributed by atoms with E-state index in [0.717, 1.165) is 36.1 Å². The van der Waals surface area contributed by atoms with E-state index in [1.54, 1.807) is 6.20 Å². The summed E-state index contributed by atoms with van der Waals surface area (Å²) < 4.78 is 10.6.